The molecule has 1 aliphatic rings. The highest BCUT2D eigenvalue weighted by molar-refractivity contribution is 5.18. The van der Waals surface area contributed by atoms with E-state index in [1.54, 1.807) is 0 Å². The Morgan fingerprint density at radius 1 is 1.29 bits per heavy atom. The molecule has 1 fully saturated rings. The Bertz CT molecular complexity index is 320. The van der Waals surface area contributed by atoms with E-state index in [1.807, 2.05) is 0 Å². The molecule has 1 aromatic rings. The summed E-state index contributed by atoms with van der Waals surface area (Å²) < 4.78 is 0. The minimum Gasteiger partial charge on any atom is -0.310 e. The zero-order valence-corrected chi connectivity index (χ0v) is 11.2. The molecule has 0 aliphatic heterocycles. The lowest BCUT2D eigenvalue weighted by Gasteiger charge is -2.19. The van der Waals surface area contributed by atoms with Gasteiger partial charge in [0.15, 0.2) is 0 Å². The first-order valence-electron chi connectivity index (χ1n) is 7.09. The van der Waals surface area contributed by atoms with Crippen LogP contribution in [0.3, 0.4) is 0 Å². The summed E-state index contributed by atoms with van der Waals surface area (Å²) in [5.74, 6) is 1.88. The van der Waals surface area contributed by atoms with Gasteiger partial charge in [-0.05, 0) is 36.8 Å². The molecule has 0 saturated heterocycles. The van der Waals surface area contributed by atoms with E-state index in [-0.39, 0.29) is 0 Å². The monoisotopic (exact) mass is 231 g/mol. The van der Waals surface area contributed by atoms with Gasteiger partial charge in [0.05, 0.1) is 0 Å². The summed E-state index contributed by atoms with van der Waals surface area (Å²) in [6.07, 6.45) is 5.28. The second-order valence-electron chi connectivity index (χ2n) is 5.49. The third-order valence-corrected chi connectivity index (χ3v) is 3.95. The fraction of sp³-hybridized carbons (Fsp3) is 0.625. The molecular formula is C16H25N. The lowest BCUT2D eigenvalue weighted by molar-refractivity contribution is 0.463. The van der Waals surface area contributed by atoms with Crippen molar-refractivity contribution < 1.29 is 0 Å². The van der Waals surface area contributed by atoms with E-state index >= 15 is 0 Å². The van der Waals surface area contributed by atoms with Crippen molar-refractivity contribution in [1.82, 2.24) is 5.32 Å². The third-order valence-electron chi connectivity index (χ3n) is 3.95. The standard InChI is InChI=1S/C16H25N/c1-3-4-10-16(14-8-6-5-7-9-14)17-12-15-11-13(15)2/h5-9,13,15-17H,3-4,10-12H2,1-2H3. The minimum absolute atomic E-state index is 0.559. The van der Waals surface area contributed by atoms with E-state index in [0.29, 0.717) is 6.04 Å². The van der Waals surface area contributed by atoms with Crippen LogP contribution in [0, 0.1) is 11.8 Å². The summed E-state index contributed by atoms with van der Waals surface area (Å²) >= 11 is 0. The number of rotatable bonds is 7. The van der Waals surface area contributed by atoms with Crippen molar-refractivity contribution in [2.24, 2.45) is 11.8 Å². The summed E-state index contributed by atoms with van der Waals surface area (Å²) in [6.45, 7) is 5.82. The van der Waals surface area contributed by atoms with Crippen LogP contribution in [0.15, 0.2) is 30.3 Å². The van der Waals surface area contributed by atoms with Crippen molar-refractivity contribution in [3.63, 3.8) is 0 Å². The average Bonchev–Trinajstić information content (AvgIpc) is 3.07. The van der Waals surface area contributed by atoms with Gasteiger partial charge in [0.1, 0.15) is 0 Å². The number of benzene rings is 1. The molecule has 0 bridgehead atoms. The molecule has 0 spiro atoms. The van der Waals surface area contributed by atoms with E-state index in [1.165, 1.54) is 37.8 Å². The zero-order chi connectivity index (χ0) is 12.1. The Kier molecular flexibility index (Phi) is 4.61. The molecule has 3 atom stereocenters. The van der Waals surface area contributed by atoms with Crippen LogP contribution in [0.25, 0.3) is 0 Å². The molecule has 1 nitrogen and oxygen atoms in total. The van der Waals surface area contributed by atoms with Gasteiger partial charge in [-0.25, -0.2) is 0 Å². The summed E-state index contributed by atoms with van der Waals surface area (Å²) in [4.78, 5) is 0. The zero-order valence-electron chi connectivity index (χ0n) is 11.2. The number of hydrogen-bond donors (Lipinski definition) is 1. The predicted molar refractivity (Wildman–Crippen MR) is 74.0 cm³/mol. The smallest absolute Gasteiger partial charge is 0.0320 e. The maximum Gasteiger partial charge on any atom is 0.0320 e. The maximum atomic E-state index is 3.76. The van der Waals surface area contributed by atoms with E-state index in [9.17, 15) is 0 Å². The van der Waals surface area contributed by atoms with Crippen LogP contribution in [-0.4, -0.2) is 6.54 Å². The molecule has 1 aromatic carbocycles. The highest BCUT2D eigenvalue weighted by atomic mass is 14.9. The Labute approximate surface area is 106 Å². The van der Waals surface area contributed by atoms with E-state index in [2.05, 4.69) is 49.5 Å². The Morgan fingerprint density at radius 2 is 2.00 bits per heavy atom. The van der Waals surface area contributed by atoms with Crippen molar-refractivity contribution in [2.45, 2.75) is 45.6 Å². The number of unbranched alkanes of at least 4 members (excludes halogenated alkanes) is 1. The van der Waals surface area contributed by atoms with Crippen molar-refractivity contribution in [3.05, 3.63) is 35.9 Å². The van der Waals surface area contributed by atoms with Gasteiger partial charge in [-0.2, -0.15) is 0 Å². The van der Waals surface area contributed by atoms with Crippen molar-refractivity contribution in [3.8, 4) is 0 Å². The van der Waals surface area contributed by atoms with Gasteiger partial charge < -0.3 is 5.32 Å². The van der Waals surface area contributed by atoms with Gasteiger partial charge in [0.25, 0.3) is 0 Å². The number of hydrogen-bond acceptors (Lipinski definition) is 1. The van der Waals surface area contributed by atoms with Crippen LogP contribution in [0.5, 0.6) is 0 Å². The quantitative estimate of drug-likeness (QED) is 0.743. The Balaban J connectivity index is 1.88. The molecule has 0 heterocycles. The number of nitrogens with one attached hydrogen (secondary N) is 1. The van der Waals surface area contributed by atoms with Crippen LogP contribution in [0.4, 0.5) is 0 Å². The van der Waals surface area contributed by atoms with Crippen molar-refractivity contribution >= 4 is 0 Å². The van der Waals surface area contributed by atoms with Gasteiger partial charge in [-0.3, -0.25) is 0 Å². The second-order valence-corrected chi connectivity index (χ2v) is 5.49. The van der Waals surface area contributed by atoms with Crippen LogP contribution in [-0.2, 0) is 0 Å². The topological polar surface area (TPSA) is 12.0 Å². The summed E-state index contributed by atoms with van der Waals surface area (Å²) in [5.41, 5.74) is 1.45. The predicted octanol–water partition coefficient (Wildman–Crippen LogP) is 4.16. The van der Waals surface area contributed by atoms with Crippen molar-refractivity contribution in [2.75, 3.05) is 6.54 Å². The first-order valence-corrected chi connectivity index (χ1v) is 7.09. The summed E-state index contributed by atoms with van der Waals surface area (Å²) in [6, 6.07) is 11.5. The van der Waals surface area contributed by atoms with Gasteiger partial charge >= 0.3 is 0 Å². The molecule has 1 saturated carbocycles. The van der Waals surface area contributed by atoms with Crippen molar-refractivity contribution in [1.29, 1.82) is 0 Å². The highest BCUT2D eigenvalue weighted by Gasteiger charge is 2.32. The van der Waals surface area contributed by atoms with Gasteiger partial charge in [0.2, 0.25) is 0 Å². The normalized spacial score (nSPS) is 24.6. The van der Waals surface area contributed by atoms with Gasteiger partial charge in [-0.1, -0.05) is 57.0 Å². The molecule has 1 heteroatoms. The highest BCUT2D eigenvalue weighted by Crippen LogP contribution is 2.37. The molecule has 1 N–H and O–H groups in total. The van der Waals surface area contributed by atoms with E-state index in [4.69, 9.17) is 0 Å². The lowest BCUT2D eigenvalue weighted by atomic mass is 10.0. The molecule has 2 rings (SSSR count). The molecule has 1 aliphatic carbocycles. The average molecular weight is 231 g/mol. The van der Waals surface area contributed by atoms with Crippen LogP contribution in [0.2, 0.25) is 0 Å². The molecule has 3 unspecified atom stereocenters. The molecule has 0 amide bonds. The lowest BCUT2D eigenvalue weighted by Crippen LogP contribution is -2.24. The fourth-order valence-corrected chi connectivity index (χ4v) is 2.46. The van der Waals surface area contributed by atoms with E-state index in [0.717, 1.165) is 11.8 Å². The first-order chi connectivity index (χ1) is 8.31. The van der Waals surface area contributed by atoms with Crippen LogP contribution in [0.1, 0.15) is 51.1 Å². The van der Waals surface area contributed by atoms with Gasteiger partial charge in [0, 0.05) is 6.04 Å². The van der Waals surface area contributed by atoms with E-state index < -0.39 is 0 Å². The van der Waals surface area contributed by atoms with Gasteiger partial charge in [-0.15, -0.1) is 0 Å². The second kappa shape index (κ2) is 6.20. The minimum atomic E-state index is 0.559. The molecule has 94 valence electrons. The summed E-state index contributed by atoms with van der Waals surface area (Å²) in [7, 11) is 0. The van der Waals surface area contributed by atoms with Crippen LogP contribution >= 0.6 is 0 Å². The first kappa shape index (κ1) is 12.6. The van der Waals surface area contributed by atoms with Crippen LogP contribution < -0.4 is 5.32 Å². The Morgan fingerprint density at radius 3 is 2.59 bits per heavy atom. The molecule has 0 radical (unpaired) electrons. The maximum absolute atomic E-state index is 3.76. The molecular weight excluding hydrogens is 206 g/mol. The fourth-order valence-electron chi connectivity index (χ4n) is 2.46. The molecule has 0 aromatic heterocycles. The third kappa shape index (κ3) is 3.85. The SMILES string of the molecule is CCCCC(NCC1CC1C)c1ccccc1. The Hall–Kier alpha value is -0.820. The molecule has 17 heavy (non-hydrogen) atoms. The largest absolute Gasteiger partial charge is 0.310 e. The summed E-state index contributed by atoms with van der Waals surface area (Å²) in [5, 5.41) is 3.76.